The third-order valence-electron chi connectivity index (χ3n) is 4.00. The van der Waals surface area contributed by atoms with E-state index >= 15 is 0 Å². The zero-order valence-electron chi connectivity index (χ0n) is 14.5. The van der Waals surface area contributed by atoms with Crippen molar-refractivity contribution in [1.29, 1.82) is 0 Å². The number of aromatic nitrogens is 2. The predicted molar refractivity (Wildman–Crippen MR) is 106 cm³/mol. The van der Waals surface area contributed by atoms with E-state index in [2.05, 4.69) is 48.2 Å². The molecule has 0 spiro atoms. The second-order valence-corrected chi connectivity index (χ2v) is 7.16. The van der Waals surface area contributed by atoms with Crippen LogP contribution in [0.4, 0.5) is 5.82 Å². The van der Waals surface area contributed by atoms with E-state index in [4.69, 9.17) is 0 Å². The van der Waals surface area contributed by atoms with Crippen LogP contribution in [0.15, 0.2) is 53.3 Å². The molecule has 3 aromatic rings. The van der Waals surface area contributed by atoms with Crippen LogP contribution in [-0.4, -0.2) is 46.6 Å². The summed E-state index contributed by atoms with van der Waals surface area (Å²) in [6.07, 6.45) is 1.39. The Balaban J connectivity index is 2.04. The van der Waals surface area contributed by atoms with Gasteiger partial charge in [0.25, 0.3) is 0 Å². The highest BCUT2D eigenvalue weighted by Crippen LogP contribution is 2.27. The van der Waals surface area contributed by atoms with Gasteiger partial charge in [0.1, 0.15) is 12.1 Å². The highest BCUT2D eigenvalue weighted by Gasteiger charge is 2.17. The molecule has 0 aliphatic heterocycles. The fourth-order valence-electron chi connectivity index (χ4n) is 2.86. The van der Waals surface area contributed by atoms with Gasteiger partial charge in [0.05, 0.1) is 17.1 Å². The van der Waals surface area contributed by atoms with Crippen molar-refractivity contribution in [3.63, 3.8) is 0 Å². The van der Waals surface area contributed by atoms with E-state index in [-0.39, 0.29) is 11.6 Å². The number of nitrogens with zero attached hydrogens (tertiary/aromatic N) is 3. The number of halogens is 1. The molecular formula is C19H19BrN4O2. The monoisotopic (exact) mass is 414 g/mol. The van der Waals surface area contributed by atoms with Gasteiger partial charge in [-0.25, -0.2) is 14.8 Å². The Labute approximate surface area is 160 Å². The van der Waals surface area contributed by atoms with Crippen LogP contribution >= 0.6 is 15.9 Å². The van der Waals surface area contributed by atoms with E-state index in [1.807, 2.05) is 32.3 Å². The normalized spacial score (nSPS) is 12.3. The molecule has 0 aliphatic rings. The average molecular weight is 415 g/mol. The van der Waals surface area contributed by atoms with Gasteiger partial charge in [-0.3, -0.25) is 0 Å². The van der Waals surface area contributed by atoms with Crippen molar-refractivity contribution in [3.8, 4) is 0 Å². The van der Waals surface area contributed by atoms with Gasteiger partial charge < -0.3 is 15.3 Å². The summed E-state index contributed by atoms with van der Waals surface area (Å²) in [4.78, 5) is 22.1. The van der Waals surface area contributed by atoms with E-state index in [1.165, 1.54) is 6.33 Å². The summed E-state index contributed by atoms with van der Waals surface area (Å²) in [5, 5.41) is 13.5. The Morgan fingerprint density at radius 3 is 2.69 bits per heavy atom. The van der Waals surface area contributed by atoms with Crippen molar-refractivity contribution < 1.29 is 9.90 Å². The number of rotatable bonds is 6. The van der Waals surface area contributed by atoms with E-state index in [1.54, 1.807) is 12.1 Å². The van der Waals surface area contributed by atoms with Gasteiger partial charge in [0.2, 0.25) is 0 Å². The van der Waals surface area contributed by atoms with Crippen LogP contribution in [0.1, 0.15) is 22.0 Å². The molecule has 3 rings (SSSR count). The maximum absolute atomic E-state index is 11.5. The first-order chi connectivity index (χ1) is 12.5. The number of likely N-dealkylation sites (N-methyl/N-ethyl adjacent to an activating group) is 1. The fraction of sp³-hybridized carbons (Fsp3) is 0.211. The quantitative estimate of drug-likeness (QED) is 0.638. The lowest BCUT2D eigenvalue weighted by Gasteiger charge is -2.24. The molecular weight excluding hydrogens is 396 g/mol. The molecule has 2 aromatic carbocycles. The van der Waals surface area contributed by atoms with Gasteiger partial charge in [-0.05, 0) is 43.9 Å². The largest absolute Gasteiger partial charge is 0.478 e. The molecule has 0 saturated carbocycles. The van der Waals surface area contributed by atoms with Crippen molar-refractivity contribution in [2.45, 2.75) is 6.04 Å². The first-order valence-electron chi connectivity index (χ1n) is 8.09. The summed E-state index contributed by atoms with van der Waals surface area (Å²) in [7, 11) is 4.01. The lowest BCUT2D eigenvalue weighted by Crippen LogP contribution is -2.26. The number of anilines is 1. The minimum atomic E-state index is -1.00. The summed E-state index contributed by atoms with van der Waals surface area (Å²) in [5.41, 5.74) is 1.70. The Morgan fingerprint density at radius 2 is 2.00 bits per heavy atom. The van der Waals surface area contributed by atoms with Crippen molar-refractivity contribution in [1.82, 2.24) is 14.9 Å². The molecule has 0 bridgehead atoms. The number of nitrogens with one attached hydrogen (secondary N) is 1. The Morgan fingerprint density at radius 1 is 1.23 bits per heavy atom. The number of carboxylic acids is 1. The number of carboxylic acid groups (broad SMARTS) is 1. The molecule has 6 nitrogen and oxygen atoms in total. The minimum Gasteiger partial charge on any atom is -0.478 e. The first-order valence-corrected chi connectivity index (χ1v) is 8.88. The van der Waals surface area contributed by atoms with Crippen molar-refractivity contribution in [3.05, 3.63) is 64.4 Å². The van der Waals surface area contributed by atoms with Gasteiger partial charge >= 0.3 is 5.97 Å². The Bertz CT molecular complexity index is 946. The summed E-state index contributed by atoms with van der Waals surface area (Å²) in [6.45, 7) is 0.751. The molecule has 1 aromatic heterocycles. The zero-order chi connectivity index (χ0) is 18.7. The highest BCUT2D eigenvalue weighted by molar-refractivity contribution is 9.10. The maximum atomic E-state index is 11.5. The van der Waals surface area contributed by atoms with Crippen molar-refractivity contribution in [2.75, 3.05) is 26.0 Å². The van der Waals surface area contributed by atoms with E-state index in [0.717, 1.165) is 16.6 Å². The lowest BCUT2D eigenvalue weighted by atomic mass is 10.1. The van der Waals surface area contributed by atoms with E-state index in [9.17, 15) is 9.90 Å². The molecule has 134 valence electrons. The molecule has 0 saturated heterocycles. The summed E-state index contributed by atoms with van der Waals surface area (Å²) < 4.78 is 1.00. The van der Waals surface area contributed by atoms with Gasteiger partial charge in [-0.1, -0.05) is 34.1 Å². The fourth-order valence-corrected chi connectivity index (χ4v) is 3.28. The van der Waals surface area contributed by atoms with Crippen molar-refractivity contribution in [2.24, 2.45) is 0 Å². The number of hydrogen-bond donors (Lipinski definition) is 2. The van der Waals surface area contributed by atoms with Crippen LogP contribution in [0.3, 0.4) is 0 Å². The Kier molecular flexibility index (Phi) is 5.49. The topological polar surface area (TPSA) is 78.3 Å². The third-order valence-corrected chi connectivity index (χ3v) is 4.50. The maximum Gasteiger partial charge on any atom is 0.337 e. The molecule has 26 heavy (non-hydrogen) atoms. The first kappa shape index (κ1) is 18.3. The van der Waals surface area contributed by atoms with Crippen LogP contribution in [0.5, 0.6) is 0 Å². The van der Waals surface area contributed by atoms with Gasteiger partial charge in [0.15, 0.2) is 0 Å². The van der Waals surface area contributed by atoms with Crippen molar-refractivity contribution >= 4 is 38.6 Å². The standard InChI is InChI=1S/C19H19BrN4O2/c1-24(2)10-16(12-5-3-6-13(20)9-12)23-18-14-7-4-8-15(19(25)26)17(14)21-11-22-18/h3-9,11,16H,10H2,1-2H3,(H,25,26)(H,21,22,23). The van der Waals surface area contributed by atoms with Gasteiger partial charge in [0, 0.05) is 16.4 Å². The molecule has 1 unspecified atom stereocenters. The van der Waals surface area contributed by atoms with Crippen LogP contribution in [0.25, 0.3) is 10.9 Å². The number of aromatic carboxylic acids is 1. The molecule has 0 aliphatic carbocycles. The molecule has 1 heterocycles. The SMILES string of the molecule is CN(C)CC(Nc1ncnc2c(C(=O)O)cccc12)c1cccc(Br)c1. The zero-order valence-corrected chi connectivity index (χ0v) is 16.1. The lowest BCUT2D eigenvalue weighted by molar-refractivity contribution is 0.0699. The molecule has 2 N–H and O–H groups in total. The van der Waals surface area contributed by atoms with Gasteiger partial charge in [-0.2, -0.15) is 0 Å². The molecule has 7 heteroatoms. The smallest absolute Gasteiger partial charge is 0.337 e. The summed E-state index contributed by atoms with van der Waals surface area (Å²) >= 11 is 3.52. The van der Waals surface area contributed by atoms with E-state index in [0.29, 0.717) is 16.7 Å². The van der Waals surface area contributed by atoms with Crippen LogP contribution < -0.4 is 5.32 Å². The molecule has 0 radical (unpaired) electrons. The summed E-state index contributed by atoms with van der Waals surface area (Å²) in [5.74, 6) is -0.387. The predicted octanol–water partition coefficient (Wildman–Crippen LogP) is 3.81. The highest BCUT2D eigenvalue weighted by atomic mass is 79.9. The number of para-hydroxylation sites is 1. The summed E-state index contributed by atoms with van der Waals surface area (Å²) in [6, 6.07) is 13.2. The number of benzene rings is 2. The number of carbonyl (C=O) groups is 1. The van der Waals surface area contributed by atoms with Crippen LogP contribution in [0, 0.1) is 0 Å². The second-order valence-electron chi connectivity index (χ2n) is 6.24. The molecule has 0 amide bonds. The van der Waals surface area contributed by atoms with E-state index < -0.39 is 5.97 Å². The number of fused-ring (bicyclic) bond motifs is 1. The van der Waals surface area contributed by atoms with Crippen LogP contribution in [-0.2, 0) is 0 Å². The third kappa shape index (κ3) is 4.00. The Hall–Kier alpha value is -2.51. The van der Waals surface area contributed by atoms with Gasteiger partial charge in [-0.15, -0.1) is 0 Å². The minimum absolute atomic E-state index is 0.0194. The molecule has 0 fully saturated rings. The van der Waals surface area contributed by atoms with Crippen LogP contribution in [0.2, 0.25) is 0 Å². The average Bonchev–Trinajstić information content (AvgIpc) is 2.60. The molecule has 1 atom stereocenters. The second kappa shape index (κ2) is 7.80. The number of hydrogen-bond acceptors (Lipinski definition) is 5.